The van der Waals surface area contributed by atoms with E-state index in [2.05, 4.69) is 34.0 Å². The first-order valence-corrected chi connectivity index (χ1v) is 8.80. The quantitative estimate of drug-likeness (QED) is 0.909. The Balaban J connectivity index is 0.00000144. The van der Waals surface area contributed by atoms with Crippen LogP contribution < -0.4 is 5.32 Å². The second-order valence-electron chi connectivity index (χ2n) is 6.50. The summed E-state index contributed by atoms with van der Waals surface area (Å²) < 4.78 is 10.5. The van der Waals surface area contributed by atoms with E-state index in [4.69, 9.17) is 4.74 Å². The SMILES string of the molecule is Cl.c1ccc2c(CNCC3CCOC4(CCC4)C3)snc2c1. The Morgan fingerprint density at radius 2 is 2.18 bits per heavy atom. The summed E-state index contributed by atoms with van der Waals surface area (Å²) in [6.07, 6.45) is 6.38. The molecule has 0 radical (unpaired) electrons. The fraction of sp³-hybridized carbons (Fsp3) is 0.588. The van der Waals surface area contributed by atoms with Crippen molar-refractivity contribution in [1.82, 2.24) is 9.69 Å². The molecule has 1 aromatic heterocycles. The van der Waals surface area contributed by atoms with Gasteiger partial charge in [0.05, 0.1) is 11.1 Å². The number of fused-ring (bicyclic) bond motifs is 1. The van der Waals surface area contributed by atoms with E-state index in [1.54, 1.807) is 11.5 Å². The van der Waals surface area contributed by atoms with Crippen LogP contribution in [0.5, 0.6) is 0 Å². The van der Waals surface area contributed by atoms with Gasteiger partial charge in [0.25, 0.3) is 0 Å². The van der Waals surface area contributed by atoms with Crippen molar-refractivity contribution in [2.24, 2.45) is 5.92 Å². The summed E-state index contributed by atoms with van der Waals surface area (Å²) >= 11 is 1.63. The van der Waals surface area contributed by atoms with Crippen LogP contribution in [0.2, 0.25) is 0 Å². The van der Waals surface area contributed by atoms with Crippen LogP contribution in [0.25, 0.3) is 10.9 Å². The highest BCUT2D eigenvalue weighted by molar-refractivity contribution is 7.07. The molecular weight excluding hydrogens is 316 g/mol. The maximum absolute atomic E-state index is 6.01. The topological polar surface area (TPSA) is 34.1 Å². The third kappa shape index (κ3) is 3.16. The molecule has 4 rings (SSSR count). The average molecular weight is 339 g/mol. The summed E-state index contributed by atoms with van der Waals surface area (Å²) in [7, 11) is 0. The lowest BCUT2D eigenvalue weighted by Crippen LogP contribution is -2.47. The van der Waals surface area contributed by atoms with E-state index in [0.717, 1.165) is 31.1 Å². The van der Waals surface area contributed by atoms with Crippen molar-refractivity contribution >= 4 is 34.8 Å². The first-order valence-electron chi connectivity index (χ1n) is 8.03. The highest BCUT2D eigenvalue weighted by Gasteiger charge is 2.42. The minimum absolute atomic E-state index is 0. The van der Waals surface area contributed by atoms with E-state index in [0.29, 0.717) is 0 Å². The zero-order chi connectivity index (χ0) is 14.1. The number of ether oxygens (including phenoxy) is 1. The molecule has 5 heteroatoms. The Kier molecular flexibility index (Phi) is 5.03. The molecule has 2 aromatic rings. The van der Waals surface area contributed by atoms with Crippen molar-refractivity contribution in [3.8, 4) is 0 Å². The van der Waals surface area contributed by atoms with Crippen LogP contribution >= 0.6 is 23.9 Å². The van der Waals surface area contributed by atoms with Crippen molar-refractivity contribution in [3.63, 3.8) is 0 Å². The summed E-state index contributed by atoms with van der Waals surface area (Å²) in [4.78, 5) is 1.36. The summed E-state index contributed by atoms with van der Waals surface area (Å²) in [5.74, 6) is 0.776. The Labute approximate surface area is 142 Å². The van der Waals surface area contributed by atoms with E-state index in [1.165, 1.54) is 42.4 Å². The molecule has 1 atom stereocenters. The van der Waals surface area contributed by atoms with Crippen molar-refractivity contribution in [2.45, 2.75) is 44.2 Å². The second kappa shape index (κ2) is 6.83. The number of nitrogens with zero attached hydrogens (tertiary/aromatic N) is 1. The minimum Gasteiger partial charge on any atom is -0.375 e. The zero-order valence-corrected chi connectivity index (χ0v) is 14.3. The van der Waals surface area contributed by atoms with Crippen LogP contribution in [0.3, 0.4) is 0 Å². The first kappa shape index (κ1) is 16.2. The average Bonchev–Trinajstić information content (AvgIpc) is 2.90. The van der Waals surface area contributed by atoms with Crippen LogP contribution in [0.4, 0.5) is 0 Å². The maximum Gasteiger partial charge on any atom is 0.0844 e. The lowest BCUT2D eigenvalue weighted by molar-refractivity contribution is -0.142. The van der Waals surface area contributed by atoms with Crippen LogP contribution in [0.1, 0.15) is 37.0 Å². The van der Waals surface area contributed by atoms with Crippen LogP contribution in [0, 0.1) is 5.92 Å². The van der Waals surface area contributed by atoms with Gasteiger partial charge in [0.2, 0.25) is 0 Å². The second-order valence-corrected chi connectivity index (χ2v) is 7.36. The Bertz CT molecular complexity index is 626. The van der Waals surface area contributed by atoms with Crippen molar-refractivity contribution < 1.29 is 4.74 Å². The predicted molar refractivity (Wildman–Crippen MR) is 93.8 cm³/mol. The number of hydrogen-bond donors (Lipinski definition) is 1. The summed E-state index contributed by atoms with van der Waals surface area (Å²) in [6, 6.07) is 8.42. The van der Waals surface area contributed by atoms with E-state index in [1.807, 2.05) is 0 Å². The third-order valence-electron chi connectivity index (χ3n) is 5.04. The van der Waals surface area contributed by atoms with Crippen LogP contribution in [0.15, 0.2) is 24.3 Å². The molecule has 2 aliphatic rings. The molecule has 1 saturated heterocycles. The molecule has 1 aliphatic heterocycles. The lowest BCUT2D eigenvalue weighted by Gasteiger charge is -2.47. The molecule has 22 heavy (non-hydrogen) atoms. The molecule has 120 valence electrons. The molecule has 0 bridgehead atoms. The lowest BCUT2D eigenvalue weighted by atomic mass is 9.72. The van der Waals surface area contributed by atoms with Crippen LogP contribution in [-0.4, -0.2) is 23.1 Å². The van der Waals surface area contributed by atoms with E-state index in [9.17, 15) is 0 Å². The van der Waals surface area contributed by atoms with E-state index >= 15 is 0 Å². The van der Waals surface area contributed by atoms with Gasteiger partial charge in [0.15, 0.2) is 0 Å². The van der Waals surface area contributed by atoms with Gasteiger partial charge in [-0.2, -0.15) is 4.37 Å². The number of benzene rings is 1. The number of halogens is 1. The molecule has 1 spiro atoms. The molecular formula is C17H23ClN2OS. The van der Waals surface area contributed by atoms with Gasteiger partial charge in [-0.25, -0.2) is 0 Å². The predicted octanol–water partition coefficient (Wildman–Crippen LogP) is 4.16. The molecule has 1 saturated carbocycles. The molecule has 3 nitrogen and oxygen atoms in total. The van der Waals surface area contributed by atoms with E-state index in [-0.39, 0.29) is 18.0 Å². The zero-order valence-electron chi connectivity index (χ0n) is 12.7. The highest BCUT2D eigenvalue weighted by Crippen LogP contribution is 2.44. The number of hydrogen-bond acceptors (Lipinski definition) is 4. The van der Waals surface area contributed by atoms with Gasteiger partial charge in [-0.15, -0.1) is 12.4 Å². The summed E-state index contributed by atoms with van der Waals surface area (Å²) in [6.45, 7) is 3.00. The van der Waals surface area contributed by atoms with Gasteiger partial charge in [-0.05, 0) is 62.2 Å². The summed E-state index contributed by atoms with van der Waals surface area (Å²) in [5.41, 5.74) is 1.39. The van der Waals surface area contributed by atoms with Crippen molar-refractivity contribution in [3.05, 3.63) is 29.1 Å². The van der Waals surface area contributed by atoms with Gasteiger partial charge in [-0.3, -0.25) is 0 Å². The van der Waals surface area contributed by atoms with Gasteiger partial charge in [0, 0.05) is 23.4 Å². The largest absolute Gasteiger partial charge is 0.375 e. The van der Waals surface area contributed by atoms with Crippen molar-refractivity contribution in [1.29, 1.82) is 0 Å². The monoisotopic (exact) mass is 338 g/mol. The minimum atomic E-state index is 0. The fourth-order valence-electron chi connectivity index (χ4n) is 3.68. The molecule has 0 amide bonds. The highest BCUT2D eigenvalue weighted by atomic mass is 35.5. The van der Waals surface area contributed by atoms with Gasteiger partial charge < -0.3 is 10.1 Å². The van der Waals surface area contributed by atoms with Gasteiger partial charge in [0.1, 0.15) is 0 Å². The van der Waals surface area contributed by atoms with Crippen molar-refractivity contribution in [2.75, 3.05) is 13.2 Å². The summed E-state index contributed by atoms with van der Waals surface area (Å²) in [5, 5.41) is 4.95. The molecule has 1 N–H and O–H groups in total. The number of rotatable bonds is 4. The van der Waals surface area contributed by atoms with Crippen LogP contribution in [-0.2, 0) is 11.3 Å². The van der Waals surface area contributed by atoms with Gasteiger partial charge >= 0.3 is 0 Å². The third-order valence-corrected chi connectivity index (χ3v) is 5.91. The van der Waals surface area contributed by atoms with E-state index < -0.39 is 0 Å². The smallest absolute Gasteiger partial charge is 0.0844 e. The molecule has 2 heterocycles. The standard InChI is InChI=1S/C17H22N2OS.ClH/c1-2-5-15-14(4-1)16(21-19-15)12-18-11-13-6-9-20-17(10-13)7-3-8-17;/h1-2,4-5,13,18H,3,6-12H2;1H. The molecule has 1 aliphatic carbocycles. The normalized spacial score (nSPS) is 23.2. The maximum atomic E-state index is 6.01. The first-order chi connectivity index (χ1) is 10.3. The molecule has 1 unspecified atom stereocenters. The number of nitrogens with one attached hydrogen (secondary N) is 1. The Morgan fingerprint density at radius 3 is 3.00 bits per heavy atom. The van der Waals surface area contributed by atoms with Gasteiger partial charge in [-0.1, -0.05) is 18.2 Å². The Hall–Kier alpha value is -0.680. The Morgan fingerprint density at radius 1 is 1.32 bits per heavy atom. The molecule has 2 fully saturated rings. The molecule has 1 aromatic carbocycles. The fourth-order valence-corrected chi connectivity index (χ4v) is 4.49. The number of aromatic nitrogens is 1.